The van der Waals surface area contributed by atoms with Gasteiger partial charge in [-0.2, -0.15) is 0 Å². The van der Waals surface area contributed by atoms with Gasteiger partial charge in [0.05, 0.1) is 5.56 Å². The molecule has 6 nitrogen and oxygen atoms in total. The van der Waals surface area contributed by atoms with Gasteiger partial charge in [0, 0.05) is 12.6 Å². The summed E-state index contributed by atoms with van der Waals surface area (Å²) in [7, 11) is -1.77. The number of nitrogens with zero attached hydrogens (tertiary/aromatic N) is 1. The van der Waals surface area contributed by atoms with E-state index < -0.39 is 13.2 Å². The first-order valence-electron chi connectivity index (χ1n) is 7.37. The topological polar surface area (TPSA) is 87.1 Å². The van der Waals surface area contributed by atoms with E-state index in [9.17, 15) is 19.6 Å². The average molecular weight is 305 g/mol. The van der Waals surface area contributed by atoms with Crippen LogP contribution in [-0.4, -0.2) is 53.0 Å². The summed E-state index contributed by atoms with van der Waals surface area (Å²) >= 11 is 0. The van der Waals surface area contributed by atoms with Crippen LogP contribution in [0, 0.1) is 0 Å². The molecule has 0 bridgehead atoms. The molecule has 1 aromatic carbocycles. The van der Waals surface area contributed by atoms with Crippen LogP contribution in [0.1, 0.15) is 37.0 Å². The SMILES string of the molecule is CC(C)N1CCCC(Oc2cccc(B(O)O)c2C=O)C1=O. The van der Waals surface area contributed by atoms with E-state index in [0.717, 1.165) is 6.42 Å². The number of rotatable bonds is 5. The molecule has 1 fully saturated rings. The molecule has 0 spiro atoms. The van der Waals surface area contributed by atoms with Gasteiger partial charge in [-0.05, 0) is 38.2 Å². The highest BCUT2D eigenvalue weighted by Gasteiger charge is 2.32. The summed E-state index contributed by atoms with van der Waals surface area (Å²) in [5.74, 6) is 0.0950. The number of aldehydes is 1. The highest BCUT2D eigenvalue weighted by molar-refractivity contribution is 6.60. The molecule has 1 heterocycles. The molecule has 1 unspecified atom stereocenters. The smallest absolute Gasteiger partial charge is 0.480 e. The third kappa shape index (κ3) is 3.31. The molecule has 1 atom stereocenters. The maximum Gasteiger partial charge on any atom is 0.489 e. The van der Waals surface area contributed by atoms with Crippen molar-refractivity contribution in [2.24, 2.45) is 0 Å². The van der Waals surface area contributed by atoms with Gasteiger partial charge >= 0.3 is 7.12 Å². The minimum atomic E-state index is -1.77. The summed E-state index contributed by atoms with van der Waals surface area (Å²) in [6, 6.07) is 4.64. The Balaban J connectivity index is 2.25. The molecular weight excluding hydrogens is 285 g/mol. The van der Waals surface area contributed by atoms with Gasteiger partial charge in [0.1, 0.15) is 5.75 Å². The maximum atomic E-state index is 12.4. The minimum Gasteiger partial charge on any atom is -0.480 e. The molecule has 1 aromatic rings. The molecular formula is C15H20BNO5. The van der Waals surface area contributed by atoms with Crippen molar-refractivity contribution in [1.82, 2.24) is 4.90 Å². The fourth-order valence-corrected chi connectivity index (χ4v) is 2.66. The highest BCUT2D eigenvalue weighted by atomic mass is 16.5. The Kier molecular flexibility index (Phi) is 5.21. The number of hydrogen-bond donors (Lipinski definition) is 2. The van der Waals surface area contributed by atoms with Gasteiger partial charge in [-0.15, -0.1) is 0 Å². The Labute approximate surface area is 129 Å². The third-order valence-electron chi connectivity index (χ3n) is 3.81. The molecule has 0 aromatic heterocycles. The van der Waals surface area contributed by atoms with Crippen LogP contribution in [0.3, 0.4) is 0 Å². The van der Waals surface area contributed by atoms with E-state index in [1.54, 1.807) is 17.0 Å². The molecule has 1 aliphatic heterocycles. The van der Waals surface area contributed by atoms with Crippen molar-refractivity contribution in [3.8, 4) is 5.75 Å². The molecule has 2 N–H and O–H groups in total. The van der Waals surface area contributed by atoms with E-state index in [-0.39, 0.29) is 28.7 Å². The molecule has 1 saturated heterocycles. The van der Waals surface area contributed by atoms with Crippen molar-refractivity contribution in [3.63, 3.8) is 0 Å². The summed E-state index contributed by atoms with van der Waals surface area (Å²) in [6.45, 7) is 4.59. The molecule has 0 saturated carbocycles. The van der Waals surface area contributed by atoms with Crippen LogP contribution in [0.2, 0.25) is 0 Å². The molecule has 0 aliphatic carbocycles. The fourth-order valence-electron chi connectivity index (χ4n) is 2.66. The van der Waals surface area contributed by atoms with Crippen LogP contribution in [0.15, 0.2) is 18.2 Å². The summed E-state index contributed by atoms with van der Waals surface area (Å²) < 4.78 is 5.72. The Morgan fingerprint density at radius 2 is 2.14 bits per heavy atom. The number of piperidine rings is 1. The Morgan fingerprint density at radius 3 is 2.73 bits per heavy atom. The number of benzene rings is 1. The van der Waals surface area contributed by atoms with Gasteiger partial charge in [-0.25, -0.2) is 0 Å². The second kappa shape index (κ2) is 6.94. The van der Waals surface area contributed by atoms with Crippen molar-refractivity contribution in [1.29, 1.82) is 0 Å². The van der Waals surface area contributed by atoms with Gasteiger partial charge in [0.15, 0.2) is 12.4 Å². The Morgan fingerprint density at radius 1 is 1.41 bits per heavy atom. The van der Waals surface area contributed by atoms with Crippen molar-refractivity contribution >= 4 is 24.8 Å². The molecule has 0 radical (unpaired) electrons. The second-order valence-electron chi connectivity index (χ2n) is 5.62. The molecule has 2 rings (SSSR count). The van der Waals surface area contributed by atoms with Gasteiger partial charge < -0.3 is 19.7 Å². The zero-order chi connectivity index (χ0) is 16.3. The average Bonchev–Trinajstić information content (AvgIpc) is 2.48. The monoisotopic (exact) mass is 305 g/mol. The first-order valence-corrected chi connectivity index (χ1v) is 7.37. The van der Waals surface area contributed by atoms with Crippen molar-refractivity contribution in [2.45, 2.75) is 38.8 Å². The first-order chi connectivity index (χ1) is 10.5. The van der Waals surface area contributed by atoms with Crippen LogP contribution in [0.5, 0.6) is 5.75 Å². The third-order valence-corrected chi connectivity index (χ3v) is 3.81. The van der Waals surface area contributed by atoms with Crippen LogP contribution in [0.4, 0.5) is 0 Å². The lowest BCUT2D eigenvalue weighted by atomic mass is 9.77. The molecule has 118 valence electrons. The van der Waals surface area contributed by atoms with E-state index in [2.05, 4.69) is 0 Å². The standard InChI is InChI=1S/C15H20BNO5/c1-10(2)17-8-4-7-14(15(17)19)22-13-6-3-5-12(16(20)21)11(13)9-18/h3,5-6,9-10,14,20-21H,4,7-8H2,1-2H3. The summed E-state index contributed by atoms with van der Waals surface area (Å²) in [4.78, 5) is 25.4. The predicted octanol–water partition coefficient (Wildman–Crippen LogP) is -0.0429. The predicted molar refractivity (Wildman–Crippen MR) is 82.2 cm³/mol. The van der Waals surface area contributed by atoms with E-state index >= 15 is 0 Å². The first kappa shape index (κ1) is 16.5. The zero-order valence-electron chi connectivity index (χ0n) is 12.7. The number of carbonyl (C=O) groups excluding carboxylic acids is 2. The lowest BCUT2D eigenvalue weighted by molar-refractivity contribution is -0.144. The van der Waals surface area contributed by atoms with Crippen LogP contribution < -0.4 is 10.2 Å². The highest BCUT2D eigenvalue weighted by Crippen LogP contribution is 2.22. The summed E-state index contributed by atoms with van der Waals surface area (Å²) in [5.41, 5.74) is 0.128. The van der Waals surface area contributed by atoms with E-state index in [1.807, 2.05) is 13.8 Å². The molecule has 7 heteroatoms. The van der Waals surface area contributed by atoms with Crippen molar-refractivity contribution in [2.75, 3.05) is 6.54 Å². The van der Waals surface area contributed by atoms with E-state index in [1.165, 1.54) is 6.07 Å². The van der Waals surface area contributed by atoms with Crippen molar-refractivity contribution in [3.05, 3.63) is 23.8 Å². The lowest BCUT2D eigenvalue weighted by Gasteiger charge is -2.35. The number of hydrogen-bond acceptors (Lipinski definition) is 5. The maximum absolute atomic E-state index is 12.4. The fraction of sp³-hybridized carbons (Fsp3) is 0.467. The van der Waals surface area contributed by atoms with Gasteiger partial charge in [0.2, 0.25) is 0 Å². The van der Waals surface area contributed by atoms with Crippen LogP contribution in [0.25, 0.3) is 0 Å². The number of carbonyl (C=O) groups is 2. The normalized spacial score (nSPS) is 18.5. The number of ether oxygens (including phenoxy) is 1. The van der Waals surface area contributed by atoms with Gasteiger partial charge in [-0.1, -0.05) is 12.1 Å². The van der Waals surface area contributed by atoms with Crippen molar-refractivity contribution < 1.29 is 24.4 Å². The molecule has 1 amide bonds. The minimum absolute atomic E-state index is 0.0620. The van der Waals surface area contributed by atoms with Crippen LogP contribution >= 0.6 is 0 Å². The molecule has 22 heavy (non-hydrogen) atoms. The quantitative estimate of drug-likeness (QED) is 0.589. The van der Waals surface area contributed by atoms with E-state index in [0.29, 0.717) is 19.3 Å². The molecule has 1 aliphatic rings. The second-order valence-corrected chi connectivity index (χ2v) is 5.62. The van der Waals surface area contributed by atoms with Gasteiger partial charge in [-0.3, -0.25) is 9.59 Å². The largest absolute Gasteiger partial charge is 0.489 e. The van der Waals surface area contributed by atoms with E-state index in [4.69, 9.17) is 4.74 Å². The number of likely N-dealkylation sites (tertiary alicyclic amines) is 1. The zero-order valence-corrected chi connectivity index (χ0v) is 12.7. The lowest BCUT2D eigenvalue weighted by Crippen LogP contribution is -2.49. The van der Waals surface area contributed by atoms with Gasteiger partial charge in [0.25, 0.3) is 5.91 Å². The Bertz CT molecular complexity index is 561. The Hall–Kier alpha value is -1.86. The van der Waals surface area contributed by atoms with Crippen LogP contribution in [-0.2, 0) is 4.79 Å². The summed E-state index contributed by atoms with van der Waals surface area (Å²) in [6.07, 6.45) is 1.26. The number of amides is 1. The summed E-state index contributed by atoms with van der Waals surface area (Å²) in [5, 5.41) is 18.6.